The maximum atomic E-state index is 3.54. The topological polar surface area (TPSA) is 12.0 Å². The van der Waals surface area contributed by atoms with E-state index in [1.165, 1.54) is 47.9 Å². The number of hydrogen-bond acceptors (Lipinski definition) is 2. The highest BCUT2D eigenvalue weighted by molar-refractivity contribution is 9.10. The van der Waals surface area contributed by atoms with Gasteiger partial charge >= 0.3 is 0 Å². The summed E-state index contributed by atoms with van der Waals surface area (Å²) in [5, 5.41) is 5.66. The lowest BCUT2D eigenvalue weighted by Gasteiger charge is -2.18. The molecular weight excluding hydrogens is 282 g/mol. The second-order valence-corrected chi connectivity index (χ2v) is 6.72. The van der Waals surface area contributed by atoms with E-state index in [1.807, 2.05) is 11.3 Å². The van der Waals surface area contributed by atoms with Crippen molar-refractivity contribution in [1.29, 1.82) is 0 Å². The maximum Gasteiger partial charge on any atom is 0.0285 e. The summed E-state index contributed by atoms with van der Waals surface area (Å²) in [6.07, 6.45) is 8.21. The fourth-order valence-electron chi connectivity index (χ4n) is 2.65. The SMILES string of the molecule is CNC1CCCCC(Cc2cc(Br)cs2)C1. The molecule has 16 heavy (non-hydrogen) atoms. The van der Waals surface area contributed by atoms with E-state index < -0.39 is 0 Å². The Morgan fingerprint density at radius 2 is 2.25 bits per heavy atom. The van der Waals surface area contributed by atoms with Crippen molar-refractivity contribution in [2.75, 3.05) is 7.05 Å². The van der Waals surface area contributed by atoms with Gasteiger partial charge in [0, 0.05) is 20.8 Å². The van der Waals surface area contributed by atoms with E-state index in [9.17, 15) is 0 Å². The molecule has 0 bridgehead atoms. The molecule has 0 amide bonds. The van der Waals surface area contributed by atoms with Crippen molar-refractivity contribution in [1.82, 2.24) is 5.32 Å². The molecule has 0 saturated heterocycles. The fourth-order valence-corrected chi connectivity index (χ4v) is 4.22. The molecule has 1 saturated carbocycles. The molecule has 3 heteroatoms. The summed E-state index contributed by atoms with van der Waals surface area (Å²) in [6, 6.07) is 3.03. The summed E-state index contributed by atoms with van der Waals surface area (Å²) in [5.74, 6) is 0.880. The Kier molecular flexibility index (Phi) is 4.86. The van der Waals surface area contributed by atoms with Crippen LogP contribution in [0.5, 0.6) is 0 Å². The van der Waals surface area contributed by atoms with Crippen LogP contribution in [0.1, 0.15) is 37.0 Å². The van der Waals surface area contributed by atoms with E-state index in [1.54, 1.807) is 0 Å². The van der Waals surface area contributed by atoms with Gasteiger partial charge in [0.15, 0.2) is 0 Å². The highest BCUT2D eigenvalue weighted by Crippen LogP contribution is 2.29. The van der Waals surface area contributed by atoms with Crippen LogP contribution in [0, 0.1) is 5.92 Å². The molecule has 1 nitrogen and oxygen atoms in total. The quantitative estimate of drug-likeness (QED) is 0.824. The van der Waals surface area contributed by atoms with E-state index in [2.05, 4.69) is 39.7 Å². The van der Waals surface area contributed by atoms with Gasteiger partial charge in [0.1, 0.15) is 0 Å². The van der Waals surface area contributed by atoms with Crippen molar-refractivity contribution in [2.24, 2.45) is 5.92 Å². The second kappa shape index (κ2) is 6.18. The molecule has 2 rings (SSSR count). The molecule has 90 valence electrons. The second-order valence-electron chi connectivity index (χ2n) is 4.81. The van der Waals surface area contributed by atoms with Gasteiger partial charge in [0.05, 0.1) is 0 Å². The first-order valence-electron chi connectivity index (χ1n) is 6.18. The predicted octanol–water partition coefficient (Wildman–Crippen LogP) is 4.22. The molecule has 0 aromatic carbocycles. The fraction of sp³-hybridized carbons (Fsp3) is 0.692. The Balaban J connectivity index is 1.92. The van der Waals surface area contributed by atoms with Crippen LogP contribution in [0.4, 0.5) is 0 Å². The van der Waals surface area contributed by atoms with Crippen LogP contribution in [0.3, 0.4) is 0 Å². The van der Waals surface area contributed by atoms with Crippen molar-refractivity contribution in [3.05, 3.63) is 20.8 Å². The van der Waals surface area contributed by atoms with Crippen molar-refractivity contribution in [2.45, 2.75) is 44.6 Å². The summed E-state index contributed by atoms with van der Waals surface area (Å²) in [6.45, 7) is 0. The third-order valence-electron chi connectivity index (χ3n) is 3.55. The van der Waals surface area contributed by atoms with E-state index in [-0.39, 0.29) is 0 Å². The van der Waals surface area contributed by atoms with Gasteiger partial charge in [0.25, 0.3) is 0 Å². The van der Waals surface area contributed by atoms with Crippen LogP contribution in [0.25, 0.3) is 0 Å². The molecule has 1 aliphatic carbocycles. The Bertz CT molecular complexity index is 323. The van der Waals surface area contributed by atoms with E-state index in [4.69, 9.17) is 0 Å². The lowest BCUT2D eigenvalue weighted by molar-refractivity contribution is 0.402. The highest BCUT2D eigenvalue weighted by atomic mass is 79.9. The van der Waals surface area contributed by atoms with E-state index in [0.29, 0.717) is 0 Å². The molecule has 1 aromatic heterocycles. The van der Waals surface area contributed by atoms with E-state index >= 15 is 0 Å². The Hall–Kier alpha value is 0.140. The predicted molar refractivity (Wildman–Crippen MR) is 75.1 cm³/mol. The molecule has 2 unspecified atom stereocenters. The molecule has 1 aliphatic rings. The van der Waals surface area contributed by atoms with Crippen LogP contribution >= 0.6 is 27.3 Å². The number of hydrogen-bond donors (Lipinski definition) is 1. The number of nitrogens with one attached hydrogen (secondary N) is 1. The van der Waals surface area contributed by atoms with Crippen molar-refractivity contribution < 1.29 is 0 Å². The lowest BCUT2D eigenvalue weighted by Crippen LogP contribution is -2.26. The molecule has 1 N–H and O–H groups in total. The van der Waals surface area contributed by atoms with Gasteiger partial charge in [-0.15, -0.1) is 11.3 Å². The van der Waals surface area contributed by atoms with Gasteiger partial charge in [-0.1, -0.05) is 19.3 Å². The molecule has 0 radical (unpaired) electrons. The van der Waals surface area contributed by atoms with Gasteiger partial charge in [-0.25, -0.2) is 0 Å². The third kappa shape index (κ3) is 3.57. The zero-order valence-corrected chi connectivity index (χ0v) is 12.2. The zero-order valence-electron chi connectivity index (χ0n) is 9.84. The summed E-state index contributed by atoms with van der Waals surface area (Å²) in [5.41, 5.74) is 0. The van der Waals surface area contributed by atoms with Crippen LogP contribution < -0.4 is 5.32 Å². The molecule has 0 aliphatic heterocycles. The molecule has 0 spiro atoms. The van der Waals surface area contributed by atoms with Crippen LogP contribution in [0.15, 0.2) is 15.9 Å². The van der Waals surface area contributed by atoms with E-state index in [0.717, 1.165) is 12.0 Å². The standard InChI is InChI=1S/C13H20BrNS/c1-15-12-5-3-2-4-10(6-12)7-13-8-11(14)9-16-13/h8-10,12,15H,2-7H2,1H3. The van der Waals surface area contributed by atoms with Crippen molar-refractivity contribution in [3.8, 4) is 0 Å². The maximum absolute atomic E-state index is 3.54. The number of thiophene rings is 1. The first kappa shape index (κ1) is 12.6. The minimum Gasteiger partial charge on any atom is -0.317 e. The average molecular weight is 302 g/mol. The molecule has 1 heterocycles. The summed E-state index contributed by atoms with van der Waals surface area (Å²) in [7, 11) is 2.11. The summed E-state index contributed by atoms with van der Waals surface area (Å²) < 4.78 is 1.24. The van der Waals surface area contributed by atoms with Gasteiger partial charge in [-0.2, -0.15) is 0 Å². The van der Waals surface area contributed by atoms with Crippen molar-refractivity contribution in [3.63, 3.8) is 0 Å². The van der Waals surface area contributed by atoms with Crippen molar-refractivity contribution >= 4 is 27.3 Å². The normalized spacial score (nSPS) is 26.6. The van der Waals surface area contributed by atoms with Crippen LogP contribution in [0.2, 0.25) is 0 Å². The molecule has 1 fully saturated rings. The Morgan fingerprint density at radius 3 is 2.94 bits per heavy atom. The summed E-state index contributed by atoms with van der Waals surface area (Å²) in [4.78, 5) is 1.54. The minimum absolute atomic E-state index is 0.746. The third-order valence-corrected chi connectivity index (χ3v) is 5.27. The first-order valence-corrected chi connectivity index (χ1v) is 7.85. The zero-order chi connectivity index (χ0) is 11.4. The van der Waals surface area contributed by atoms with Gasteiger partial charge in [0.2, 0.25) is 0 Å². The molecular formula is C13H20BrNS. The number of rotatable bonds is 3. The molecule has 1 aromatic rings. The average Bonchev–Trinajstić information content (AvgIpc) is 2.55. The van der Waals surface area contributed by atoms with Gasteiger partial charge < -0.3 is 5.32 Å². The monoisotopic (exact) mass is 301 g/mol. The largest absolute Gasteiger partial charge is 0.317 e. The summed E-state index contributed by atoms with van der Waals surface area (Å²) >= 11 is 5.43. The smallest absolute Gasteiger partial charge is 0.0285 e. The Morgan fingerprint density at radius 1 is 1.44 bits per heavy atom. The lowest BCUT2D eigenvalue weighted by atomic mass is 9.94. The molecule has 2 atom stereocenters. The minimum atomic E-state index is 0.746. The highest BCUT2D eigenvalue weighted by Gasteiger charge is 2.19. The van der Waals surface area contributed by atoms with Gasteiger partial charge in [-0.3, -0.25) is 0 Å². The van der Waals surface area contributed by atoms with Gasteiger partial charge in [-0.05, 0) is 54.2 Å². The van der Waals surface area contributed by atoms with Crippen LogP contribution in [-0.4, -0.2) is 13.1 Å². The first-order chi connectivity index (χ1) is 7.78. The van der Waals surface area contributed by atoms with Crippen LogP contribution in [-0.2, 0) is 6.42 Å². The Labute approximate surface area is 111 Å². The number of halogens is 1.